The van der Waals surface area contributed by atoms with Crippen LogP contribution in [0.5, 0.6) is 0 Å². The van der Waals surface area contributed by atoms with Crippen LogP contribution in [0.1, 0.15) is 12.8 Å². The van der Waals surface area contributed by atoms with Gasteiger partial charge in [0.2, 0.25) is 0 Å². The van der Waals surface area contributed by atoms with Crippen molar-refractivity contribution in [2.24, 2.45) is 0 Å². The van der Waals surface area contributed by atoms with Crippen LogP contribution >= 0.6 is 0 Å². The molecular formula is C8H12O2. The van der Waals surface area contributed by atoms with Crippen LogP contribution in [-0.4, -0.2) is 14.2 Å². The Balaban J connectivity index is 2.61. The fourth-order valence-corrected chi connectivity index (χ4v) is 0.950. The van der Waals surface area contributed by atoms with Gasteiger partial charge in [-0.25, -0.2) is 0 Å². The van der Waals surface area contributed by atoms with Gasteiger partial charge in [0.1, 0.15) is 5.76 Å². The molecule has 0 unspecified atom stereocenters. The second-order valence-corrected chi connectivity index (χ2v) is 2.16. The zero-order valence-corrected chi connectivity index (χ0v) is 6.39. The molecule has 0 heterocycles. The van der Waals surface area contributed by atoms with Crippen molar-refractivity contribution < 1.29 is 9.47 Å². The van der Waals surface area contributed by atoms with Gasteiger partial charge in [-0.15, -0.1) is 0 Å². The average molecular weight is 140 g/mol. The highest BCUT2D eigenvalue weighted by atomic mass is 16.5. The predicted molar refractivity (Wildman–Crippen MR) is 39.4 cm³/mol. The summed E-state index contributed by atoms with van der Waals surface area (Å²) in [5, 5.41) is 0. The van der Waals surface area contributed by atoms with E-state index in [0.717, 1.165) is 24.4 Å². The van der Waals surface area contributed by atoms with Crippen molar-refractivity contribution in [1.82, 2.24) is 0 Å². The van der Waals surface area contributed by atoms with E-state index < -0.39 is 0 Å². The number of hydrogen-bond donors (Lipinski definition) is 0. The lowest BCUT2D eigenvalue weighted by Gasteiger charge is -2.10. The van der Waals surface area contributed by atoms with Crippen molar-refractivity contribution in [1.29, 1.82) is 0 Å². The predicted octanol–water partition coefficient (Wildman–Crippen LogP) is 1.84. The molecule has 0 bridgehead atoms. The van der Waals surface area contributed by atoms with Crippen LogP contribution in [-0.2, 0) is 9.47 Å². The van der Waals surface area contributed by atoms with E-state index in [0.29, 0.717) is 0 Å². The molecule has 0 atom stereocenters. The van der Waals surface area contributed by atoms with E-state index in [4.69, 9.17) is 9.47 Å². The van der Waals surface area contributed by atoms with E-state index in [1.165, 1.54) is 0 Å². The van der Waals surface area contributed by atoms with Crippen molar-refractivity contribution >= 4 is 0 Å². The lowest BCUT2D eigenvalue weighted by atomic mass is 10.1. The molecule has 0 radical (unpaired) electrons. The minimum absolute atomic E-state index is 0.906. The average Bonchev–Trinajstić information content (AvgIpc) is 2.05. The van der Waals surface area contributed by atoms with Crippen molar-refractivity contribution in [2.75, 3.05) is 14.2 Å². The molecule has 0 aromatic heterocycles. The van der Waals surface area contributed by atoms with Crippen LogP contribution < -0.4 is 0 Å². The first-order valence-corrected chi connectivity index (χ1v) is 3.35. The number of ether oxygens (including phenoxy) is 2. The highest BCUT2D eigenvalue weighted by Gasteiger charge is 2.03. The van der Waals surface area contributed by atoms with Gasteiger partial charge < -0.3 is 9.47 Å². The van der Waals surface area contributed by atoms with Gasteiger partial charge in [0, 0.05) is 12.5 Å². The summed E-state index contributed by atoms with van der Waals surface area (Å²) >= 11 is 0. The summed E-state index contributed by atoms with van der Waals surface area (Å²) in [5.74, 6) is 1.91. The van der Waals surface area contributed by atoms with Crippen molar-refractivity contribution in [3.63, 3.8) is 0 Å². The Kier molecular flexibility index (Phi) is 2.37. The zero-order valence-electron chi connectivity index (χ0n) is 6.39. The fraction of sp³-hybridized carbons (Fsp3) is 0.500. The molecule has 0 saturated heterocycles. The van der Waals surface area contributed by atoms with Gasteiger partial charge in [0.25, 0.3) is 0 Å². The molecule has 0 aliphatic heterocycles. The Labute approximate surface area is 61.1 Å². The lowest BCUT2D eigenvalue weighted by Crippen LogP contribution is -1.95. The first kappa shape index (κ1) is 7.19. The van der Waals surface area contributed by atoms with Gasteiger partial charge >= 0.3 is 0 Å². The summed E-state index contributed by atoms with van der Waals surface area (Å²) < 4.78 is 10.1. The van der Waals surface area contributed by atoms with Crippen molar-refractivity contribution in [2.45, 2.75) is 12.8 Å². The molecule has 1 aliphatic rings. The van der Waals surface area contributed by atoms with Crippen LogP contribution in [0.25, 0.3) is 0 Å². The fourth-order valence-electron chi connectivity index (χ4n) is 0.950. The molecule has 0 aromatic carbocycles. The SMILES string of the molecule is COC1=CCCC(OC)=C1. The number of rotatable bonds is 2. The maximum atomic E-state index is 5.06. The molecule has 0 spiro atoms. The minimum atomic E-state index is 0.906. The smallest absolute Gasteiger partial charge is 0.118 e. The summed E-state index contributed by atoms with van der Waals surface area (Å²) in [4.78, 5) is 0. The van der Waals surface area contributed by atoms with Crippen LogP contribution in [0.3, 0.4) is 0 Å². The normalized spacial score (nSPS) is 17.4. The summed E-state index contributed by atoms with van der Waals surface area (Å²) in [6.07, 6.45) is 5.98. The van der Waals surface area contributed by atoms with Gasteiger partial charge in [-0.2, -0.15) is 0 Å². The number of allylic oxidation sites excluding steroid dienone is 3. The Morgan fingerprint density at radius 2 is 2.10 bits per heavy atom. The second kappa shape index (κ2) is 3.30. The summed E-state index contributed by atoms with van der Waals surface area (Å²) in [6.45, 7) is 0. The topological polar surface area (TPSA) is 18.5 Å². The van der Waals surface area contributed by atoms with E-state index >= 15 is 0 Å². The maximum absolute atomic E-state index is 5.06. The minimum Gasteiger partial charge on any atom is -0.501 e. The summed E-state index contributed by atoms with van der Waals surface area (Å²) in [7, 11) is 3.35. The van der Waals surface area contributed by atoms with Crippen molar-refractivity contribution in [3.05, 3.63) is 23.7 Å². The first-order chi connectivity index (χ1) is 4.86. The number of methoxy groups -OCH3 is 2. The Hall–Kier alpha value is -0.920. The molecule has 10 heavy (non-hydrogen) atoms. The molecular weight excluding hydrogens is 128 g/mol. The van der Waals surface area contributed by atoms with Crippen LogP contribution in [0.2, 0.25) is 0 Å². The van der Waals surface area contributed by atoms with Gasteiger partial charge in [-0.05, 0) is 12.5 Å². The highest BCUT2D eigenvalue weighted by Crippen LogP contribution is 2.17. The van der Waals surface area contributed by atoms with E-state index in [2.05, 4.69) is 6.08 Å². The van der Waals surface area contributed by atoms with Gasteiger partial charge in [-0.1, -0.05) is 0 Å². The third-order valence-electron chi connectivity index (χ3n) is 1.54. The monoisotopic (exact) mass is 140 g/mol. The molecule has 2 heteroatoms. The van der Waals surface area contributed by atoms with Gasteiger partial charge in [0.15, 0.2) is 0 Å². The van der Waals surface area contributed by atoms with Crippen molar-refractivity contribution in [3.8, 4) is 0 Å². The molecule has 0 aromatic rings. The summed E-state index contributed by atoms with van der Waals surface area (Å²) in [5.41, 5.74) is 0. The quantitative estimate of drug-likeness (QED) is 0.582. The van der Waals surface area contributed by atoms with Gasteiger partial charge in [0.05, 0.1) is 20.0 Å². The highest BCUT2D eigenvalue weighted by molar-refractivity contribution is 5.19. The van der Waals surface area contributed by atoms with Gasteiger partial charge in [-0.3, -0.25) is 0 Å². The Bertz CT molecular complexity index is 168. The van der Waals surface area contributed by atoms with E-state index in [1.807, 2.05) is 6.08 Å². The maximum Gasteiger partial charge on any atom is 0.118 e. The van der Waals surface area contributed by atoms with E-state index in [9.17, 15) is 0 Å². The van der Waals surface area contributed by atoms with Crippen LogP contribution in [0.4, 0.5) is 0 Å². The Morgan fingerprint density at radius 1 is 1.30 bits per heavy atom. The zero-order chi connectivity index (χ0) is 7.40. The molecule has 0 N–H and O–H groups in total. The largest absolute Gasteiger partial charge is 0.501 e. The summed E-state index contributed by atoms with van der Waals surface area (Å²) in [6, 6.07) is 0. The van der Waals surface area contributed by atoms with E-state index in [-0.39, 0.29) is 0 Å². The lowest BCUT2D eigenvalue weighted by molar-refractivity contribution is 0.257. The van der Waals surface area contributed by atoms with Crippen LogP contribution in [0.15, 0.2) is 23.7 Å². The third-order valence-corrected chi connectivity index (χ3v) is 1.54. The molecule has 1 rings (SSSR count). The second-order valence-electron chi connectivity index (χ2n) is 2.16. The molecule has 1 aliphatic carbocycles. The Morgan fingerprint density at radius 3 is 2.70 bits per heavy atom. The molecule has 0 saturated carbocycles. The molecule has 0 fully saturated rings. The molecule has 2 nitrogen and oxygen atoms in total. The van der Waals surface area contributed by atoms with E-state index in [1.54, 1.807) is 14.2 Å². The molecule has 0 amide bonds. The molecule has 56 valence electrons. The standard InChI is InChI=1S/C8H12O2/c1-9-7-4-3-5-8(6-7)10-2/h4,6H,3,5H2,1-2H3. The third kappa shape index (κ3) is 1.53. The number of hydrogen-bond acceptors (Lipinski definition) is 2. The van der Waals surface area contributed by atoms with Crippen LogP contribution in [0, 0.1) is 0 Å². The first-order valence-electron chi connectivity index (χ1n) is 3.35.